The van der Waals surface area contributed by atoms with Crippen molar-refractivity contribution in [1.29, 1.82) is 0 Å². The lowest BCUT2D eigenvalue weighted by Crippen LogP contribution is -2.37. The Morgan fingerprint density at radius 2 is 2.00 bits per heavy atom. The van der Waals surface area contributed by atoms with Gasteiger partial charge in [0.25, 0.3) is 0 Å². The van der Waals surface area contributed by atoms with Crippen LogP contribution in [0, 0.1) is 5.82 Å². The Kier molecular flexibility index (Phi) is 5.89. The number of amides is 1. The summed E-state index contributed by atoms with van der Waals surface area (Å²) >= 11 is 6.23. The largest absolute Gasteiger partial charge is 0.390 e. The van der Waals surface area contributed by atoms with Crippen molar-refractivity contribution < 1.29 is 14.0 Å². The average Bonchev–Trinajstić information content (AvgIpc) is 3.11. The Bertz CT molecular complexity index is 808. The van der Waals surface area contributed by atoms with Crippen molar-refractivity contribution in [1.82, 2.24) is 4.90 Å². The van der Waals surface area contributed by atoms with Gasteiger partial charge in [-0.25, -0.2) is 4.39 Å². The third-order valence-electron chi connectivity index (χ3n) is 4.31. The molecule has 0 spiro atoms. The van der Waals surface area contributed by atoms with Gasteiger partial charge in [0.2, 0.25) is 5.91 Å². The molecule has 1 unspecified atom stereocenters. The van der Waals surface area contributed by atoms with Gasteiger partial charge in [0.15, 0.2) is 6.10 Å². The monoisotopic (exact) mass is 374 g/mol. The number of nitrogens with zero attached hydrogens (tertiary/aromatic N) is 2. The minimum Gasteiger partial charge on any atom is -0.390 e. The quantitative estimate of drug-likeness (QED) is 0.751. The maximum absolute atomic E-state index is 13.1. The zero-order valence-electron chi connectivity index (χ0n) is 14.5. The molecule has 136 valence electrons. The molecule has 1 amide bonds. The van der Waals surface area contributed by atoms with Crippen molar-refractivity contribution in [3.8, 4) is 0 Å². The van der Waals surface area contributed by atoms with Gasteiger partial charge in [0, 0.05) is 24.4 Å². The van der Waals surface area contributed by atoms with Gasteiger partial charge in [-0.05, 0) is 29.3 Å². The minimum atomic E-state index is -0.288. The van der Waals surface area contributed by atoms with Crippen LogP contribution in [0.1, 0.15) is 30.9 Å². The Morgan fingerprint density at radius 3 is 2.69 bits per heavy atom. The maximum Gasteiger partial charge on any atom is 0.222 e. The zero-order valence-corrected chi connectivity index (χ0v) is 15.2. The van der Waals surface area contributed by atoms with Crippen LogP contribution in [-0.4, -0.2) is 29.2 Å². The van der Waals surface area contributed by atoms with E-state index in [0.717, 1.165) is 16.8 Å². The van der Waals surface area contributed by atoms with Crippen LogP contribution in [0.15, 0.2) is 53.7 Å². The first-order valence-corrected chi connectivity index (χ1v) is 8.94. The molecular formula is C20H20ClFN2O2. The van der Waals surface area contributed by atoms with Crippen molar-refractivity contribution >= 4 is 23.2 Å². The van der Waals surface area contributed by atoms with Crippen LogP contribution in [0.3, 0.4) is 0 Å². The number of hydrogen-bond donors (Lipinski definition) is 0. The molecule has 6 heteroatoms. The highest BCUT2D eigenvalue weighted by molar-refractivity contribution is 6.31. The van der Waals surface area contributed by atoms with Gasteiger partial charge >= 0.3 is 0 Å². The summed E-state index contributed by atoms with van der Waals surface area (Å²) in [5, 5.41) is 4.75. The molecule has 0 saturated heterocycles. The van der Waals surface area contributed by atoms with Crippen molar-refractivity contribution in [2.45, 2.75) is 32.4 Å². The van der Waals surface area contributed by atoms with E-state index in [-0.39, 0.29) is 17.8 Å². The molecule has 0 radical (unpaired) electrons. The third kappa shape index (κ3) is 4.41. The number of hydrogen-bond acceptors (Lipinski definition) is 3. The van der Waals surface area contributed by atoms with E-state index in [4.69, 9.17) is 16.4 Å². The molecule has 3 rings (SSSR count). The van der Waals surface area contributed by atoms with Crippen molar-refractivity contribution in [2.24, 2.45) is 5.16 Å². The van der Waals surface area contributed by atoms with Crippen LogP contribution in [0.25, 0.3) is 0 Å². The fraction of sp³-hybridized carbons (Fsp3) is 0.300. The minimum absolute atomic E-state index is 0.0313. The summed E-state index contributed by atoms with van der Waals surface area (Å²) in [5.41, 5.74) is 2.48. The molecule has 4 nitrogen and oxygen atoms in total. The van der Waals surface area contributed by atoms with Crippen molar-refractivity contribution in [3.05, 3.63) is 70.5 Å². The number of carbonyl (C=O) groups is 1. The Labute approximate surface area is 157 Å². The summed E-state index contributed by atoms with van der Waals surface area (Å²) in [4.78, 5) is 19.6. The Balaban J connectivity index is 1.66. The highest BCUT2D eigenvalue weighted by Gasteiger charge is 2.26. The first-order chi connectivity index (χ1) is 12.6. The number of halogens is 2. The summed E-state index contributed by atoms with van der Waals surface area (Å²) in [6, 6.07) is 13.6. The number of carbonyl (C=O) groups excluding carboxylic acids is 1. The summed E-state index contributed by atoms with van der Waals surface area (Å²) in [5.74, 6) is -0.256. The van der Waals surface area contributed by atoms with Crippen molar-refractivity contribution in [3.63, 3.8) is 0 Å². The molecular weight excluding hydrogens is 355 g/mol. The molecule has 0 N–H and O–H groups in total. The normalized spacial score (nSPS) is 16.1. The third-order valence-corrected chi connectivity index (χ3v) is 4.68. The van der Waals surface area contributed by atoms with E-state index in [9.17, 15) is 9.18 Å². The molecule has 0 aliphatic carbocycles. The molecule has 2 aromatic rings. The van der Waals surface area contributed by atoms with Gasteiger partial charge in [0.05, 0.1) is 12.3 Å². The predicted octanol–water partition coefficient (Wildman–Crippen LogP) is 4.41. The fourth-order valence-corrected chi connectivity index (χ4v) is 3.09. The molecule has 0 fully saturated rings. The zero-order chi connectivity index (χ0) is 18.5. The number of rotatable bonds is 6. The van der Waals surface area contributed by atoms with E-state index in [1.165, 1.54) is 12.1 Å². The van der Waals surface area contributed by atoms with Gasteiger partial charge in [-0.2, -0.15) is 0 Å². The molecule has 1 atom stereocenters. The van der Waals surface area contributed by atoms with Gasteiger partial charge in [0.1, 0.15) is 5.82 Å². The fourth-order valence-electron chi connectivity index (χ4n) is 2.90. The summed E-state index contributed by atoms with van der Waals surface area (Å²) in [6.07, 6.45) is 0.748. The second-order valence-corrected chi connectivity index (χ2v) is 6.60. The molecule has 1 aliphatic rings. The van der Waals surface area contributed by atoms with Crippen LogP contribution in [0.5, 0.6) is 0 Å². The smallest absolute Gasteiger partial charge is 0.222 e. The molecule has 0 bridgehead atoms. The maximum atomic E-state index is 13.1. The van der Waals surface area contributed by atoms with Crippen LogP contribution in [0.4, 0.5) is 4.39 Å². The van der Waals surface area contributed by atoms with Crippen LogP contribution >= 0.6 is 11.6 Å². The van der Waals surface area contributed by atoms with E-state index in [2.05, 4.69) is 5.16 Å². The summed E-state index contributed by atoms with van der Waals surface area (Å²) in [7, 11) is 0. The predicted molar refractivity (Wildman–Crippen MR) is 99.6 cm³/mol. The molecule has 26 heavy (non-hydrogen) atoms. The Hall–Kier alpha value is -2.40. The first kappa shape index (κ1) is 18.4. The molecule has 2 aromatic carbocycles. The summed E-state index contributed by atoms with van der Waals surface area (Å²) in [6.45, 7) is 2.68. The molecule has 0 saturated carbocycles. The lowest BCUT2D eigenvalue weighted by Gasteiger charge is -2.25. The Morgan fingerprint density at radius 1 is 1.27 bits per heavy atom. The molecule has 1 heterocycles. The van der Waals surface area contributed by atoms with Crippen LogP contribution < -0.4 is 0 Å². The first-order valence-electron chi connectivity index (χ1n) is 8.56. The van der Waals surface area contributed by atoms with Crippen molar-refractivity contribution in [2.75, 3.05) is 6.54 Å². The SMILES string of the molecule is CCC(=O)N(Cc1ccccc1Cl)CC1CC(c2ccc(F)cc2)=NO1. The molecule has 0 aromatic heterocycles. The highest BCUT2D eigenvalue weighted by Crippen LogP contribution is 2.21. The number of oxime groups is 1. The van der Waals surface area contributed by atoms with E-state index < -0.39 is 0 Å². The second-order valence-electron chi connectivity index (χ2n) is 6.20. The van der Waals surface area contributed by atoms with E-state index in [0.29, 0.717) is 31.0 Å². The van der Waals surface area contributed by atoms with E-state index in [1.807, 2.05) is 31.2 Å². The van der Waals surface area contributed by atoms with E-state index >= 15 is 0 Å². The standard InChI is InChI=1S/C20H20ClFN2O2/c1-2-20(25)24(12-15-5-3-4-6-18(15)21)13-17-11-19(23-26-17)14-7-9-16(22)10-8-14/h3-10,17H,2,11-13H2,1H3. The van der Waals surface area contributed by atoms with Gasteiger partial charge in [-0.1, -0.05) is 54.0 Å². The van der Waals surface area contributed by atoms with E-state index in [1.54, 1.807) is 17.0 Å². The van der Waals surface area contributed by atoms with Gasteiger partial charge < -0.3 is 9.74 Å². The lowest BCUT2D eigenvalue weighted by atomic mass is 10.0. The summed E-state index contributed by atoms with van der Waals surface area (Å²) < 4.78 is 13.1. The highest BCUT2D eigenvalue weighted by atomic mass is 35.5. The van der Waals surface area contributed by atoms with Crippen LogP contribution in [-0.2, 0) is 16.2 Å². The van der Waals surface area contributed by atoms with Crippen LogP contribution in [0.2, 0.25) is 5.02 Å². The molecule has 1 aliphatic heterocycles. The second kappa shape index (κ2) is 8.32. The lowest BCUT2D eigenvalue weighted by molar-refractivity contribution is -0.133. The van der Waals surface area contributed by atoms with Gasteiger partial charge in [-0.3, -0.25) is 4.79 Å². The topological polar surface area (TPSA) is 41.9 Å². The van der Waals surface area contributed by atoms with Gasteiger partial charge in [-0.15, -0.1) is 0 Å². The average molecular weight is 375 g/mol. The number of benzene rings is 2.